The smallest absolute Gasteiger partial charge is 0.321 e. The first-order valence-electron chi connectivity index (χ1n) is 8.62. The third-order valence-electron chi connectivity index (χ3n) is 4.13. The van der Waals surface area contributed by atoms with Crippen molar-refractivity contribution in [1.29, 1.82) is 0 Å². The number of nitrogens with one attached hydrogen (secondary N) is 2. The minimum atomic E-state index is -0.572. The van der Waals surface area contributed by atoms with E-state index in [0.717, 1.165) is 16.9 Å². The molecule has 2 aromatic heterocycles. The molecule has 0 aliphatic carbocycles. The molecule has 0 fully saturated rings. The highest BCUT2D eigenvalue weighted by atomic mass is 32.1. The van der Waals surface area contributed by atoms with Crippen LogP contribution in [0.1, 0.15) is 20.3 Å². The van der Waals surface area contributed by atoms with Crippen molar-refractivity contribution >= 4 is 33.5 Å². The van der Waals surface area contributed by atoms with E-state index in [1.165, 1.54) is 22.2 Å². The number of aromatic nitrogens is 2. The monoisotopic (exact) mass is 384 g/mol. The van der Waals surface area contributed by atoms with Gasteiger partial charge in [0.1, 0.15) is 11.4 Å². The first kappa shape index (κ1) is 18.8. The predicted molar refractivity (Wildman–Crippen MR) is 106 cm³/mol. The Hall–Kier alpha value is -3.00. The molecule has 27 heavy (non-hydrogen) atoms. The van der Waals surface area contributed by atoms with Gasteiger partial charge in [0.15, 0.2) is 0 Å². The Morgan fingerprint density at radius 2 is 2.00 bits per heavy atom. The highest BCUT2D eigenvalue weighted by Crippen LogP contribution is 2.30. The molecule has 0 aliphatic rings. The number of nitrogens with zero attached hydrogens (tertiary/aromatic N) is 2. The van der Waals surface area contributed by atoms with E-state index in [2.05, 4.69) is 15.6 Å². The molecular formula is C19H20N4O3S. The molecule has 0 saturated carbocycles. The van der Waals surface area contributed by atoms with Crippen LogP contribution in [0.3, 0.4) is 0 Å². The molecule has 140 valence electrons. The molecule has 0 unspecified atom stereocenters. The van der Waals surface area contributed by atoms with Crippen LogP contribution < -0.4 is 16.2 Å². The van der Waals surface area contributed by atoms with Gasteiger partial charge in [-0.25, -0.2) is 9.78 Å². The molecule has 3 rings (SSSR count). The predicted octanol–water partition coefficient (Wildman–Crippen LogP) is 2.75. The number of rotatable bonds is 5. The van der Waals surface area contributed by atoms with Crippen LogP contribution in [-0.2, 0) is 11.3 Å². The molecule has 0 spiro atoms. The molecule has 0 saturated heterocycles. The van der Waals surface area contributed by atoms with Gasteiger partial charge in [0.05, 0.1) is 11.7 Å². The Labute approximate surface area is 160 Å². The maximum absolute atomic E-state index is 12.7. The van der Waals surface area contributed by atoms with Crippen LogP contribution in [0.25, 0.3) is 20.7 Å². The maximum atomic E-state index is 12.7. The number of hydrogen-bond donors (Lipinski definition) is 2. The van der Waals surface area contributed by atoms with E-state index < -0.39 is 11.9 Å². The van der Waals surface area contributed by atoms with Crippen LogP contribution in [-0.4, -0.2) is 27.5 Å². The average molecular weight is 384 g/mol. The number of fused-ring (bicyclic) bond motifs is 1. The zero-order valence-corrected chi connectivity index (χ0v) is 15.9. The normalized spacial score (nSPS) is 11.9. The van der Waals surface area contributed by atoms with Crippen molar-refractivity contribution in [2.45, 2.75) is 32.9 Å². The first-order valence-corrected chi connectivity index (χ1v) is 9.44. The summed E-state index contributed by atoms with van der Waals surface area (Å²) in [5.74, 6) is -0.572. The van der Waals surface area contributed by atoms with E-state index in [-0.39, 0.29) is 18.1 Å². The van der Waals surface area contributed by atoms with Crippen molar-refractivity contribution in [2.75, 3.05) is 0 Å². The summed E-state index contributed by atoms with van der Waals surface area (Å²) in [4.78, 5) is 42.3. The minimum absolute atomic E-state index is 0.0410. The van der Waals surface area contributed by atoms with Crippen molar-refractivity contribution in [1.82, 2.24) is 20.2 Å². The largest absolute Gasteiger partial charge is 0.335 e. The summed E-state index contributed by atoms with van der Waals surface area (Å²) in [7, 11) is 0. The average Bonchev–Trinajstić information content (AvgIpc) is 3.09. The van der Waals surface area contributed by atoms with Crippen LogP contribution >= 0.6 is 11.3 Å². The number of thiophene rings is 1. The number of imide groups is 1. The summed E-state index contributed by atoms with van der Waals surface area (Å²) < 4.78 is 1.20. The second-order valence-corrected chi connectivity index (χ2v) is 7.23. The number of hydrogen-bond acceptors (Lipinski definition) is 5. The second-order valence-electron chi connectivity index (χ2n) is 6.20. The van der Waals surface area contributed by atoms with E-state index in [1.54, 1.807) is 6.07 Å². The molecule has 1 atom stereocenters. The number of urea groups is 1. The summed E-state index contributed by atoms with van der Waals surface area (Å²) in [6, 6.07) is 10.9. The zero-order chi connectivity index (χ0) is 19.4. The molecule has 2 heterocycles. The van der Waals surface area contributed by atoms with Gasteiger partial charge in [-0.1, -0.05) is 37.3 Å². The van der Waals surface area contributed by atoms with E-state index in [1.807, 2.05) is 44.2 Å². The molecule has 0 radical (unpaired) electrons. The van der Waals surface area contributed by atoms with Gasteiger partial charge in [0.2, 0.25) is 5.91 Å². The highest BCUT2D eigenvalue weighted by molar-refractivity contribution is 7.21. The lowest BCUT2D eigenvalue weighted by atomic mass is 10.2. The molecule has 2 N–H and O–H groups in total. The van der Waals surface area contributed by atoms with E-state index in [9.17, 15) is 14.4 Å². The zero-order valence-electron chi connectivity index (χ0n) is 15.1. The number of benzene rings is 1. The fourth-order valence-electron chi connectivity index (χ4n) is 2.50. The Morgan fingerprint density at radius 1 is 1.26 bits per heavy atom. The fraction of sp³-hybridized carbons (Fsp3) is 0.263. The standard InChI is InChI=1S/C19H20N4O3S/c1-3-12(2)21-19(26)22-16(24)10-23-11-20-17-14(18(23)25)9-15(27-17)13-7-5-4-6-8-13/h4-9,11-12H,3,10H2,1-2H3,(H2,21,22,24,26)/t12-/m0/s1. The summed E-state index contributed by atoms with van der Waals surface area (Å²) in [5, 5.41) is 5.32. The maximum Gasteiger partial charge on any atom is 0.321 e. The fourth-order valence-corrected chi connectivity index (χ4v) is 3.49. The molecular weight excluding hydrogens is 364 g/mol. The van der Waals surface area contributed by atoms with Gasteiger partial charge in [-0.15, -0.1) is 11.3 Å². The molecule has 8 heteroatoms. The van der Waals surface area contributed by atoms with Crippen LogP contribution in [0, 0.1) is 0 Å². The van der Waals surface area contributed by atoms with Crippen LogP contribution in [0.4, 0.5) is 4.79 Å². The quantitative estimate of drug-likeness (QED) is 0.707. The second kappa shape index (κ2) is 8.13. The first-order chi connectivity index (χ1) is 13.0. The highest BCUT2D eigenvalue weighted by Gasteiger charge is 2.14. The molecule has 0 bridgehead atoms. The van der Waals surface area contributed by atoms with Crippen LogP contribution in [0.15, 0.2) is 47.5 Å². The third-order valence-corrected chi connectivity index (χ3v) is 5.23. The van der Waals surface area contributed by atoms with E-state index in [0.29, 0.717) is 10.2 Å². The topological polar surface area (TPSA) is 93.1 Å². The lowest BCUT2D eigenvalue weighted by Gasteiger charge is -2.12. The molecule has 7 nitrogen and oxygen atoms in total. The lowest BCUT2D eigenvalue weighted by molar-refractivity contribution is -0.120. The summed E-state index contributed by atoms with van der Waals surface area (Å²) in [6.45, 7) is 3.50. The third kappa shape index (κ3) is 4.40. The van der Waals surface area contributed by atoms with Gasteiger partial charge in [-0.05, 0) is 25.0 Å². The molecule has 1 aromatic carbocycles. The van der Waals surface area contributed by atoms with Crippen molar-refractivity contribution in [3.8, 4) is 10.4 Å². The van der Waals surface area contributed by atoms with Gasteiger partial charge < -0.3 is 5.32 Å². The van der Waals surface area contributed by atoms with Crippen molar-refractivity contribution < 1.29 is 9.59 Å². The summed E-state index contributed by atoms with van der Waals surface area (Å²) in [6.07, 6.45) is 2.09. The van der Waals surface area contributed by atoms with E-state index >= 15 is 0 Å². The van der Waals surface area contributed by atoms with Gasteiger partial charge in [0.25, 0.3) is 5.56 Å². The number of carbonyl (C=O) groups is 2. The molecule has 3 amide bonds. The molecule has 3 aromatic rings. The molecule has 0 aliphatic heterocycles. The van der Waals surface area contributed by atoms with Crippen LogP contribution in [0.5, 0.6) is 0 Å². The SMILES string of the molecule is CC[C@H](C)NC(=O)NC(=O)Cn1cnc2sc(-c3ccccc3)cc2c1=O. The Morgan fingerprint density at radius 3 is 2.70 bits per heavy atom. The van der Waals surface area contributed by atoms with Gasteiger partial charge in [-0.2, -0.15) is 0 Å². The van der Waals surface area contributed by atoms with Gasteiger partial charge in [0, 0.05) is 10.9 Å². The van der Waals surface area contributed by atoms with Crippen molar-refractivity contribution in [3.05, 3.63) is 53.1 Å². The van der Waals surface area contributed by atoms with Crippen molar-refractivity contribution in [2.24, 2.45) is 0 Å². The number of carbonyl (C=O) groups excluding carboxylic acids is 2. The Kier molecular flexibility index (Phi) is 5.66. The van der Waals surface area contributed by atoms with Gasteiger partial charge in [-0.3, -0.25) is 19.5 Å². The van der Waals surface area contributed by atoms with Crippen molar-refractivity contribution in [3.63, 3.8) is 0 Å². The summed E-state index contributed by atoms with van der Waals surface area (Å²) >= 11 is 1.42. The number of amides is 3. The van der Waals surface area contributed by atoms with Crippen LogP contribution in [0.2, 0.25) is 0 Å². The minimum Gasteiger partial charge on any atom is -0.335 e. The van der Waals surface area contributed by atoms with E-state index in [4.69, 9.17) is 0 Å². The Bertz CT molecular complexity index is 1030. The van der Waals surface area contributed by atoms with Gasteiger partial charge >= 0.3 is 6.03 Å². The lowest BCUT2D eigenvalue weighted by Crippen LogP contribution is -2.45. The summed E-state index contributed by atoms with van der Waals surface area (Å²) in [5.41, 5.74) is 0.696. The Balaban J connectivity index is 1.78.